The Morgan fingerprint density at radius 2 is 1.68 bits per heavy atom. The molecule has 2 rings (SSSR count). The number of rotatable bonds is 4. The van der Waals surface area contributed by atoms with E-state index in [1.165, 1.54) is 11.6 Å². The molecule has 0 fully saturated rings. The van der Waals surface area contributed by atoms with Crippen LogP contribution in [0.5, 0.6) is 0 Å². The summed E-state index contributed by atoms with van der Waals surface area (Å²) in [5.74, 6) is -0.186. The van der Waals surface area contributed by atoms with Crippen molar-refractivity contribution < 1.29 is 4.39 Å². The van der Waals surface area contributed by atoms with Gasteiger partial charge in [0, 0.05) is 22.1 Å². The van der Waals surface area contributed by atoms with Crippen molar-refractivity contribution in [1.29, 1.82) is 0 Å². The molecule has 2 atom stereocenters. The zero-order valence-electron chi connectivity index (χ0n) is 11.0. The highest BCUT2D eigenvalue weighted by molar-refractivity contribution is 9.10. The smallest absolute Gasteiger partial charge is 0.129 e. The van der Waals surface area contributed by atoms with Gasteiger partial charge in [-0.1, -0.05) is 52.3 Å². The minimum Gasteiger partial charge on any atom is -0.304 e. The van der Waals surface area contributed by atoms with Crippen LogP contribution in [-0.4, -0.2) is 0 Å². The Bertz CT molecular complexity index is 542. The average Bonchev–Trinajstić information content (AvgIpc) is 2.39. The average molecular weight is 322 g/mol. The molecule has 100 valence electrons. The topological polar surface area (TPSA) is 12.0 Å². The Kier molecular flexibility index (Phi) is 4.72. The van der Waals surface area contributed by atoms with Crippen LogP contribution in [0.1, 0.15) is 37.1 Å². The monoisotopic (exact) mass is 321 g/mol. The number of hydrogen-bond donors (Lipinski definition) is 1. The van der Waals surface area contributed by atoms with Gasteiger partial charge in [-0.3, -0.25) is 0 Å². The summed E-state index contributed by atoms with van der Waals surface area (Å²) < 4.78 is 14.6. The lowest BCUT2D eigenvalue weighted by molar-refractivity contribution is 0.474. The van der Waals surface area contributed by atoms with E-state index in [2.05, 4.69) is 40.3 Å². The third-order valence-electron chi connectivity index (χ3n) is 3.23. The highest BCUT2D eigenvalue weighted by Gasteiger charge is 2.14. The van der Waals surface area contributed by atoms with Crippen molar-refractivity contribution in [2.45, 2.75) is 25.9 Å². The number of nitrogens with one attached hydrogen (secondary N) is 1. The third-order valence-corrected chi connectivity index (χ3v) is 3.72. The summed E-state index contributed by atoms with van der Waals surface area (Å²) in [6, 6.07) is 15.5. The van der Waals surface area contributed by atoms with Gasteiger partial charge in [-0.25, -0.2) is 4.39 Å². The zero-order chi connectivity index (χ0) is 13.8. The van der Waals surface area contributed by atoms with Crippen LogP contribution < -0.4 is 5.32 Å². The van der Waals surface area contributed by atoms with Crippen LogP contribution in [0.3, 0.4) is 0 Å². The van der Waals surface area contributed by atoms with E-state index in [4.69, 9.17) is 0 Å². The van der Waals surface area contributed by atoms with Gasteiger partial charge in [0.25, 0.3) is 0 Å². The van der Waals surface area contributed by atoms with Gasteiger partial charge in [-0.2, -0.15) is 0 Å². The van der Waals surface area contributed by atoms with E-state index in [0.717, 1.165) is 4.47 Å². The van der Waals surface area contributed by atoms with Crippen molar-refractivity contribution in [1.82, 2.24) is 5.32 Å². The summed E-state index contributed by atoms with van der Waals surface area (Å²) in [5, 5.41) is 3.42. The molecule has 1 nitrogen and oxygen atoms in total. The molecular weight excluding hydrogens is 305 g/mol. The number of halogens is 2. The third kappa shape index (κ3) is 3.64. The molecule has 0 bridgehead atoms. The molecule has 0 aliphatic rings. The van der Waals surface area contributed by atoms with Crippen molar-refractivity contribution in [3.8, 4) is 0 Å². The van der Waals surface area contributed by atoms with Crippen LogP contribution in [0.15, 0.2) is 53.0 Å². The second-order valence-electron chi connectivity index (χ2n) is 4.69. The molecule has 0 aliphatic carbocycles. The quantitative estimate of drug-likeness (QED) is 0.835. The summed E-state index contributed by atoms with van der Waals surface area (Å²) in [6.07, 6.45) is 0. The van der Waals surface area contributed by atoms with Crippen LogP contribution in [0.25, 0.3) is 0 Å². The fraction of sp³-hybridized carbons (Fsp3) is 0.250. The van der Waals surface area contributed by atoms with E-state index in [0.29, 0.717) is 5.56 Å². The van der Waals surface area contributed by atoms with Crippen molar-refractivity contribution in [3.05, 3.63) is 69.9 Å². The van der Waals surface area contributed by atoms with Crippen molar-refractivity contribution >= 4 is 15.9 Å². The molecule has 0 amide bonds. The second-order valence-corrected chi connectivity index (χ2v) is 5.60. The molecule has 1 unspecified atom stereocenters. The van der Waals surface area contributed by atoms with E-state index < -0.39 is 0 Å². The maximum absolute atomic E-state index is 13.9. The summed E-state index contributed by atoms with van der Waals surface area (Å²) in [5.41, 5.74) is 1.89. The highest BCUT2D eigenvalue weighted by atomic mass is 79.9. The molecule has 0 spiro atoms. The summed E-state index contributed by atoms with van der Waals surface area (Å²) >= 11 is 3.27. The summed E-state index contributed by atoms with van der Waals surface area (Å²) in [6.45, 7) is 4.06. The van der Waals surface area contributed by atoms with Gasteiger partial charge in [-0.15, -0.1) is 0 Å². The lowest BCUT2D eigenvalue weighted by Crippen LogP contribution is -2.23. The maximum atomic E-state index is 13.9. The van der Waals surface area contributed by atoms with Gasteiger partial charge >= 0.3 is 0 Å². The Labute approximate surface area is 122 Å². The van der Waals surface area contributed by atoms with Gasteiger partial charge in [0.1, 0.15) is 5.82 Å². The normalized spacial score (nSPS) is 14.1. The molecule has 0 aliphatic heterocycles. The molecular formula is C16H17BrFN. The van der Waals surface area contributed by atoms with Crippen LogP contribution in [0.4, 0.5) is 4.39 Å². The molecule has 0 radical (unpaired) electrons. The van der Waals surface area contributed by atoms with E-state index in [9.17, 15) is 4.39 Å². The molecule has 19 heavy (non-hydrogen) atoms. The first kappa shape index (κ1) is 14.2. The molecule has 0 saturated heterocycles. The minimum atomic E-state index is -0.186. The molecule has 3 heteroatoms. The molecule has 0 heterocycles. The van der Waals surface area contributed by atoms with Crippen LogP contribution >= 0.6 is 15.9 Å². The zero-order valence-corrected chi connectivity index (χ0v) is 12.6. The molecule has 0 saturated carbocycles. The summed E-state index contributed by atoms with van der Waals surface area (Å²) in [7, 11) is 0. The maximum Gasteiger partial charge on any atom is 0.129 e. The van der Waals surface area contributed by atoms with E-state index in [-0.39, 0.29) is 17.9 Å². The predicted molar refractivity (Wildman–Crippen MR) is 80.5 cm³/mol. The Morgan fingerprint density at radius 3 is 2.32 bits per heavy atom. The Balaban J connectivity index is 2.10. The van der Waals surface area contributed by atoms with Crippen LogP contribution in [0, 0.1) is 5.82 Å². The lowest BCUT2D eigenvalue weighted by Gasteiger charge is -2.21. The van der Waals surface area contributed by atoms with Gasteiger partial charge in [0.15, 0.2) is 0 Å². The first-order valence-corrected chi connectivity index (χ1v) is 7.13. The molecule has 2 aromatic carbocycles. The van der Waals surface area contributed by atoms with Gasteiger partial charge < -0.3 is 5.32 Å². The largest absolute Gasteiger partial charge is 0.304 e. The number of hydrogen-bond acceptors (Lipinski definition) is 1. The van der Waals surface area contributed by atoms with Crippen molar-refractivity contribution in [2.75, 3.05) is 0 Å². The summed E-state index contributed by atoms with van der Waals surface area (Å²) in [4.78, 5) is 0. The first-order valence-electron chi connectivity index (χ1n) is 6.34. The second kappa shape index (κ2) is 6.31. The molecule has 1 N–H and O–H groups in total. The van der Waals surface area contributed by atoms with Crippen LogP contribution in [0.2, 0.25) is 0 Å². The Morgan fingerprint density at radius 1 is 1.00 bits per heavy atom. The standard InChI is InChI=1S/C16H17BrFN/c1-11(13-6-4-3-5-7-13)19-12(2)15-9-8-14(17)10-16(15)18/h3-12,19H,1-2H3/t11-,12?/m0/s1. The van der Waals surface area contributed by atoms with Crippen molar-refractivity contribution in [3.63, 3.8) is 0 Å². The minimum absolute atomic E-state index is 0.0386. The first-order chi connectivity index (χ1) is 9.08. The van der Waals surface area contributed by atoms with E-state index in [1.807, 2.05) is 37.3 Å². The highest BCUT2D eigenvalue weighted by Crippen LogP contribution is 2.23. The van der Waals surface area contributed by atoms with E-state index in [1.54, 1.807) is 0 Å². The fourth-order valence-corrected chi connectivity index (χ4v) is 2.49. The van der Waals surface area contributed by atoms with Crippen molar-refractivity contribution in [2.24, 2.45) is 0 Å². The molecule has 0 aromatic heterocycles. The van der Waals surface area contributed by atoms with Crippen LogP contribution in [-0.2, 0) is 0 Å². The number of benzene rings is 2. The van der Waals surface area contributed by atoms with Gasteiger partial charge in [0.05, 0.1) is 0 Å². The Hall–Kier alpha value is -1.19. The predicted octanol–water partition coefficient (Wildman–Crippen LogP) is 5.00. The lowest BCUT2D eigenvalue weighted by atomic mass is 10.0. The van der Waals surface area contributed by atoms with Gasteiger partial charge in [0.2, 0.25) is 0 Å². The SMILES string of the molecule is CC(N[C@@H](C)c1ccccc1)c1ccc(Br)cc1F. The van der Waals surface area contributed by atoms with Gasteiger partial charge in [-0.05, 0) is 31.5 Å². The van der Waals surface area contributed by atoms with E-state index >= 15 is 0 Å². The fourth-order valence-electron chi connectivity index (χ4n) is 2.16. The molecule has 2 aromatic rings.